The number of aromatic nitrogens is 2. The van der Waals surface area contributed by atoms with Crippen LogP contribution in [-0.2, 0) is 17.8 Å². The summed E-state index contributed by atoms with van der Waals surface area (Å²) in [7, 11) is 0. The summed E-state index contributed by atoms with van der Waals surface area (Å²) < 4.78 is 1.64. The molecule has 0 aliphatic carbocycles. The van der Waals surface area contributed by atoms with Gasteiger partial charge in [-0.15, -0.1) is 0 Å². The van der Waals surface area contributed by atoms with Gasteiger partial charge in [-0.25, -0.2) is 4.68 Å². The van der Waals surface area contributed by atoms with Gasteiger partial charge in [0.15, 0.2) is 0 Å². The van der Waals surface area contributed by atoms with E-state index in [1.54, 1.807) is 41.3 Å². The van der Waals surface area contributed by atoms with E-state index in [-0.39, 0.29) is 5.91 Å². The van der Waals surface area contributed by atoms with Crippen LogP contribution in [0.25, 0.3) is 5.69 Å². The molecule has 1 unspecified atom stereocenters. The third-order valence-corrected chi connectivity index (χ3v) is 5.12. The van der Waals surface area contributed by atoms with Gasteiger partial charge in [0.05, 0.1) is 16.3 Å². The number of halogens is 1. The zero-order valence-corrected chi connectivity index (χ0v) is 15.1. The van der Waals surface area contributed by atoms with Crippen molar-refractivity contribution in [1.82, 2.24) is 14.7 Å². The molecule has 3 aromatic rings. The molecule has 1 atom stereocenters. The minimum absolute atomic E-state index is 0.310. The van der Waals surface area contributed by atoms with Crippen LogP contribution in [0.5, 0.6) is 0 Å². The molecule has 4 rings (SSSR count). The maximum Gasteiger partial charge on any atom is 0.256 e. The molecule has 136 valence electrons. The van der Waals surface area contributed by atoms with Crippen molar-refractivity contribution >= 4 is 23.4 Å². The number of carbonyl (C=O) groups is 2. The third-order valence-electron chi connectivity index (χ3n) is 4.79. The lowest BCUT2D eigenvalue weighted by Gasteiger charge is -2.35. The Morgan fingerprint density at radius 3 is 2.59 bits per heavy atom. The van der Waals surface area contributed by atoms with Gasteiger partial charge in [-0.2, -0.15) is 5.10 Å². The second kappa shape index (κ2) is 6.89. The van der Waals surface area contributed by atoms with Crippen molar-refractivity contribution in [2.24, 2.45) is 5.73 Å². The molecule has 1 aromatic heterocycles. The van der Waals surface area contributed by atoms with E-state index < -0.39 is 11.9 Å². The Bertz CT molecular complexity index is 1020. The maximum atomic E-state index is 13.3. The lowest BCUT2D eigenvalue weighted by molar-refractivity contribution is -0.122. The van der Waals surface area contributed by atoms with Crippen LogP contribution in [0.15, 0.2) is 60.9 Å². The number of hydrogen-bond donors (Lipinski definition) is 1. The van der Waals surface area contributed by atoms with Crippen LogP contribution in [0.3, 0.4) is 0 Å². The number of rotatable bonds is 3. The molecule has 7 heteroatoms. The van der Waals surface area contributed by atoms with Crippen molar-refractivity contribution in [3.8, 4) is 5.69 Å². The van der Waals surface area contributed by atoms with E-state index in [9.17, 15) is 9.59 Å². The first-order valence-electron chi connectivity index (χ1n) is 8.51. The molecule has 0 bridgehead atoms. The molecule has 0 saturated heterocycles. The van der Waals surface area contributed by atoms with Gasteiger partial charge in [0, 0.05) is 25.4 Å². The van der Waals surface area contributed by atoms with E-state index in [4.69, 9.17) is 17.3 Å². The number of carbonyl (C=O) groups excluding carboxylic acids is 2. The Morgan fingerprint density at radius 1 is 1.11 bits per heavy atom. The van der Waals surface area contributed by atoms with E-state index in [0.29, 0.717) is 29.2 Å². The third kappa shape index (κ3) is 3.19. The first kappa shape index (κ1) is 17.3. The molecule has 2 amide bonds. The summed E-state index contributed by atoms with van der Waals surface area (Å²) in [4.78, 5) is 26.8. The molecule has 1 aliphatic heterocycles. The second-order valence-electron chi connectivity index (χ2n) is 6.44. The molecular weight excluding hydrogens is 364 g/mol. The number of benzene rings is 2. The van der Waals surface area contributed by atoms with Gasteiger partial charge in [0.2, 0.25) is 5.91 Å². The van der Waals surface area contributed by atoms with Gasteiger partial charge in [0.1, 0.15) is 6.04 Å². The number of nitrogens with two attached hydrogens (primary N) is 1. The lowest BCUT2D eigenvalue weighted by atomic mass is 9.93. The van der Waals surface area contributed by atoms with Crippen molar-refractivity contribution in [2.75, 3.05) is 0 Å². The molecular formula is C20H17ClN4O2. The van der Waals surface area contributed by atoms with E-state index in [2.05, 4.69) is 5.10 Å². The van der Waals surface area contributed by atoms with Gasteiger partial charge >= 0.3 is 0 Å². The Balaban J connectivity index is 1.73. The molecule has 0 radical (unpaired) electrons. The van der Waals surface area contributed by atoms with Crippen LogP contribution in [-0.4, -0.2) is 32.5 Å². The number of primary amides is 1. The highest BCUT2D eigenvalue weighted by Crippen LogP contribution is 2.28. The van der Waals surface area contributed by atoms with Gasteiger partial charge in [0.25, 0.3) is 5.91 Å². The van der Waals surface area contributed by atoms with Crippen LogP contribution in [0, 0.1) is 0 Å². The second-order valence-corrected chi connectivity index (χ2v) is 6.85. The molecule has 2 heterocycles. The average Bonchev–Trinajstić information content (AvgIpc) is 3.21. The molecule has 2 aromatic carbocycles. The van der Waals surface area contributed by atoms with Gasteiger partial charge in [-0.1, -0.05) is 35.9 Å². The maximum absolute atomic E-state index is 13.3. The number of hydrogen-bond acceptors (Lipinski definition) is 3. The summed E-state index contributed by atoms with van der Waals surface area (Å²) in [6.07, 6.45) is 3.83. The van der Waals surface area contributed by atoms with Crippen molar-refractivity contribution in [1.29, 1.82) is 0 Å². The number of amides is 2. The molecule has 0 spiro atoms. The van der Waals surface area contributed by atoms with E-state index in [1.165, 1.54) is 4.90 Å². The molecule has 27 heavy (non-hydrogen) atoms. The first-order valence-corrected chi connectivity index (χ1v) is 8.89. The first-order chi connectivity index (χ1) is 13.0. The highest BCUT2D eigenvalue weighted by Gasteiger charge is 2.34. The van der Waals surface area contributed by atoms with Crippen LogP contribution in [0.4, 0.5) is 0 Å². The van der Waals surface area contributed by atoms with Crippen molar-refractivity contribution < 1.29 is 9.59 Å². The Morgan fingerprint density at radius 2 is 1.89 bits per heavy atom. The monoisotopic (exact) mass is 380 g/mol. The summed E-state index contributed by atoms with van der Waals surface area (Å²) in [5, 5.41) is 4.49. The van der Waals surface area contributed by atoms with Crippen LogP contribution < -0.4 is 5.73 Å². The summed E-state index contributed by atoms with van der Waals surface area (Å²) in [6, 6.07) is 13.9. The molecule has 2 N–H and O–H groups in total. The van der Waals surface area contributed by atoms with Crippen LogP contribution >= 0.6 is 11.6 Å². The fraction of sp³-hybridized carbons (Fsp3) is 0.150. The van der Waals surface area contributed by atoms with Gasteiger partial charge in [-0.3, -0.25) is 9.59 Å². The minimum atomic E-state index is -0.711. The zero-order valence-electron chi connectivity index (χ0n) is 14.4. The standard InChI is InChI=1S/C20H17ClN4O2/c21-17-7-6-15(25-9-3-8-23-25)11-16(17)20(27)24-12-14-5-2-1-4-13(14)10-18(24)19(22)26/h1-9,11,18H,10,12H2,(H2,22,26). The SMILES string of the molecule is NC(=O)C1Cc2ccccc2CN1C(=O)c1cc(-n2cccn2)ccc1Cl. The van der Waals surface area contributed by atoms with Crippen LogP contribution in [0.2, 0.25) is 5.02 Å². The predicted molar refractivity (Wildman–Crippen MR) is 102 cm³/mol. The van der Waals surface area contributed by atoms with E-state index >= 15 is 0 Å². The molecule has 1 aliphatic rings. The van der Waals surface area contributed by atoms with E-state index in [0.717, 1.165) is 11.1 Å². The summed E-state index contributed by atoms with van der Waals surface area (Å²) in [5.41, 5.74) is 8.65. The topological polar surface area (TPSA) is 81.2 Å². The molecule has 0 fully saturated rings. The Kier molecular flexibility index (Phi) is 4.41. The Labute approximate surface area is 161 Å². The summed E-state index contributed by atoms with van der Waals surface area (Å²) in [6.45, 7) is 0.310. The van der Waals surface area contributed by atoms with E-state index in [1.807, 2.05) is 24.3 Å². The quantitative estimate of drug-likeness (QED) is 0.758. The summed E-state index contributed by atoms with van der Waals surface area (Å²) >= 11 is 6.31. The van der Waals surface area contributed by atoms with Crippen molar-refractivity contribution in [2.45, 2.75) is 19.0 Å². The molecule has 6 nitrogen and oxygen atoms in total. The number of fused-ring (bicyclic) bond motifs is 1. The average molecular weight is 381 g/mol. The largest absolute Gasteiger partial charge is 0.368 e. The fourth-order valence-electron chi connectivity index (χ4n) is 3.39. The smallest absolute Gasteiger partial charge is 0.256 e. The predicted octanol–water partition coefficient (Wildman–Crippen LogP) is 2.58. The highest BCUT2D eigenvalue weighted by molar-refractivity contribution is 6.34. The molecule has 0 saturated carbocycles. The van der Waals surface area contributed by atoms with Crippen molar-refractivity contribution in [3.05, 3.63) is 82.6 Å². The van der Waals surface area contributed by atoms with Gasteiger partial charge in [-0.05, 0) is 35.4 Å². The minimum Gasteiger partial charge on any atom is -0.368 e. The van der Waals surface area contributed by atoms with Crippen molar-refractivity contribution in [3.63, 3.8) is 0 Å². The zero-order chi connectivity index (χ0) is 19.0. The summed E-state index contributed by atoms with van der Waals surface area (Å²) in [5.74, 6) is -0.857. The lowest BCUT2D eigenvalue weighted by Crippen LogP contribution is -2.51. The Hall–Kier alpha value is -3.12. The normalized spacial score (nSPS) is 16.0. The van der Waals surface area contributed by atoms with Crippen LogP contribution in [0.1, 0.15) is 21.5 Å². The van der Waals surface area contributed by atoms with Gasteiger partial charge < -0.3 is 10.6 Å². The number of nitrogens with zero attached hydrogens (tertiary/aromatic N) is 3. The fourth-order valence-corrected chi connectivity index (χ4v) is 3.58. The highest BCUT2D eigenvalue weighted by atomic mass is 35.5.